The van der Waals surface area contributed by atoms with E-state index in [4.69, 9.17) is 5.11 Å². The molecule has 0 saturated carbocycles. The lowest BCUT2D eigenvalue weighted by Crippen LogP contribution is -2.38. The number of hydrogen-bond donors (Lipinski definition) is 1. The second-order valence-electron chi connectivity index (χ2n) is 5.12. The number of aryl methyl sites for hydroxylation is 1. The topological polar surface area (TPSA) is 81.3 Å². The van der Waals surface area contributed by atoms with Gasteiger partial charge in [-0.2, -0.15) is 0 Å². The van der Waals surface area contributed by atoms with Crippen molar-refractivity contribution in [3.8, 4) is 0 Å². The lowest BCUT2D eigenvalue weighted by atomic mass is 10.2. The SMILES string of the molecule is Cn1c(=O)n(Cc2ccc(F)c(F)c2)c(=O)c2cc(C(=O)O)sc21. The largest absolute Gasteiger partial charge is 0.477 e. The lowest BCUT2D eigenvalue weighted by molar-refractivity contribution is 0.0702. The zero-order valence-electron chi connectivity index (χ0n) is 12.2. The summed E-state index contributed by atoms with van der Waals surface area (Å²) < 4.78 is 28.3. The van der Waals surface area contributed by atoms with Crippen LogP contribution in [0.25, 0.3) is 10.2 Å². The standard InChI is InChI=1S/C15H10F2N2O4S/c1-18-13-8(5-11(24-13)14(21)22)12(20)19(15(18)23)6-7-2-3-9(16)10(17)4-7/h2-5H,6H2,1H3,(H,21,22). The van der Waals surface area contributed by atoms with Gasteiger partial charge in [-0.15, -0.1) is 11.3 Å². The summed E-state index contributed by atoms with van der Waals surface area (Å²) in [4.78, 5) is 36.1. The van der Waals surface area contributed by atoms with Crippen molar-refractivity contribution in [2.45, 2.75) is 6.54 Å². The third-order valence-electron chi connectivity index (χ3n) is 3.55. The van der Waals surface area contributed by atoms with Crippen LogP contribution in [0.4, 0.5) is 8.78 Å². The fourth-order valence-corrected chi connectivity index (χ4v) is 3.29. The molecule has 0 aliphatic carbocycles. The van der Waals surface area contributed by atoms with Gasteiger partial charge in [0.25, 0.3) is 5.56 Å². The zero-order chi connectivity index (χ0) is 17.6. The minimum atomic E-state index is -1.20. The molecule has 3 rings (SSSR count). The van der Waals surface area contributed by atoms with Gasteiger partial charge in [0.2, 0.25) is 0 Å². The summed E-state index contributed by atoms with van der Waals surface area (Å²) in [5.41, 5.74) is -1.11. The molecule has 9 heteroatoms. The van der Waals surface area contributed by atoms with Crippen LogP contribution in [0.2, 0.25) is 0 Å². The number of halogens is 2. The van der Waals surface area contributed by atoms with Crippen LogP contribution in [0.1, 0.15) is 15.2 Å². The molecule has 0 amide bonds. The summed E-state index contributed by atoms with van der Waals surface area (Å²) in [6.07, 6.45) is 0. The van der Waals surface area contributed by atoms with Crippen LogP contribution in [-0.2, 0) is 13.6 Å². The fraction of sp³-hybridized carbons (Fsp3) is 0.133. The van der Waals surface area contributed by atoms with Crippen LogP contribution in [0.3, 0.4) is 0 Å². The average molecular weight is 352 g/mol. The second-order valence-corrected chi connectivity index (χ2v) is 6.15. The van der Waals surface area contributed by atoms with Crippen molar-refractivity contribution in [3.05, 3.63) is 67.2 Å². The summed E-state index contributed by atoms with van der Waals surface area (Å²) >= 11 is 0.820. The lowest BCUT2D eigenvalue weighted by Gasteiger charge is -2.08. The number of thiophene rings is 1. The van der Waals surface area contributed by atoms with E-state index in [0.717, 1.165) is 32.6 Å². The maximum atomic E-state index is 13.3. The Balaban J connectivity index is 2.21. The average Bonchev–Trinajstić information content (AvgIpc) is 2.99. The first kappa shape index (κ1) is 16.1. The highest BCUT2D eigenvalue weighted by Crippen LogP contribution is 2.21. The van der Waals surface area contributed by atoms with Gasteiger partial charge in [-0.05, 0) is 23.8 Å². The molecule has 0 fully saturated rings. The van der Waals surface area contributed by atoms with Crippen LogP contribution in [0.15, 0.2) is 33.9 Å². The van der Waals surface area contributed by atoms with E-state index in [1.807, 2.05) is 0 Å². The number of nitrogens with zero attached hydrogens (tertiary/aromatic N) is 2. The van der Waals surface area contributed by atoms with Gasteiger partial charge in [-0.3, -0.25) is 13.9 Å². The van der Waals surface area contributed by atoms with Gasteiger partial charge < -0.3 is 5.11 Å². The second kappa shape index (κ2) is 5.68. The number of carboxylic acid groups (broad SMARTS) is 1. The molecular weight excluding hydrogens is 342 g/mol. The number of fused-ring (bicyclic) bond motifs is 1. The Kier molecular flexibility index (Phi) is 3.80. The van der Waals surface area contributed by atoms with Crippen LogP contribution >= 0.6 is 11.3 Å². The van der Waals surface area contributed by atoms with E-state index in [1.54, 1.807) is 0 Å². The molecule has 0 aliphatic rings. The predicted octanol–water partition coefficient (Wildman–Crippen LogP) is 1.79. The number of carboxylic acids is 1. The number of aromatic nitrogens is 2. The monoisotopic (exact) mass is 352 g/mol. The Bertz CT molecular complexity index is 1100. The first-order chi connectivity index (χ1) is 11.3. The number of carbonyl (C=O) groups is 1. The molecule has 1 aromatic carbocycles. The molecule has 24 heavy (non-hydrogen) atoms. The maximum absolute atomic E-state index is 13.3. The van der Waals surface area contributed by atoms with Crippen molar-refractivity contribution in [3.63, 3.8) is 0 Å². The van der Waals surface area contributed by atoms with Crippen molar-refractivity contribution < 1.29 is 18.7 Å². The molecule has 0 unspecified atom stereocenters. The third kappa shape index (κ3) is 2.52. The Hall–Kier alpha value is -2.81. The van der Waals surface area contributed by atoms with Crippen LogP contribution in [0, 0.1) is 11.6 Å². The van der Waals surface area contributed by atoms with Gasteiger partial charge >= 0.3 is 11.7 Å². The first-order valence-corrected chi connectivity index (χ1v) is 7.52. The first-order valence-electron chi connectivity index (χ1n) is 6.70. The molecule has 0 bridgehead atoms. The van der Waals surface area contributed by atoms with Gasteiger partial charge in [0.1, 0.15) is 9.71 Å². The summed E-state index contributed by atoms with van der Waals surface area (Å²) in [6.45, 7) is -0.253. The Labute approximate surface area is 136 Å². The van der Waals surface area contributed by atoms with Crippen molar-refractivity contribution in [2.75, 3.05) is 0 Å². The number of aromatic carboxylic acids is 1. The number of hydrogen-bond acceptors (Lipinski definition) is 4. The highest BCUT2D eigenvalue weighted by atomic mass is 32.1. The smallest absolute Gasteiger partial charge is 0.345 e. The molecule has 0 saturated heterocycles. The molecule has 0 spiro atoms. The van der Waals surface area contributed by atoms with E-state index in [0.29, 0.717) is 0 Å². The molecule has 6 nitrogen and oxygen atoms in total. The van der Waals surface area contributed by atoms with E-state index in [-0.39, 0.29) is 27.2 Å². The Morgan fingerprint density at radius 3 is 2.54 bits per heavy atom. The molecule has 124 valence electrons. The Morgan fingerprint density at radius 1 is 1.21 bits per heavy atom. The van der Waals surface area contributed by atoms with E-state index >= 15 is 0 Å². The van der Waals surface area contributed by atoms with Crippen LogP contribution in [0.5, 0.6) is 0 Å². The normalized spacial score (nSPS) is 11.1. The highest BCUT2D eigenvalue weighted by molar-refractivity contribution is 7.20. The Morgan fingerprint density at radius 2 is 1.92 bits per heavy atom. The van der Waals surface area contributed by atoms with Crippen molar-refractivity contribution in [2.24, 2.45) is 7.05 Å². The van der Waals surface area contributed by atoms with Crippen molar-refractivity contribution in [1.82, 2.24) is 9.13 Å². The molecule has 0 atom stereocenters. The van der Waals surface area contributed by atoms with Gasteiger partial charge in [0.15, 0.2) is 11.6 Å². The van der Waals surface area contributed by atoms with Gasteiger partial charge in [-0.1, -0.05) is 6.07 Å². The molecule has 3 aromatic rings. The summed E-state index contributed by atoms with van der Waals surface area (Å²) in [6, 6.07) is 4.28. The van der Waals surface area contributed by atoms with Crippen LogP contribution < -0.4 is 11.2 Å². The van der Waals surface area contributed by atoms with Crippen LogP contribution in [-0.4, -0.2) is 20.2 Å². The predicted molar refractivity (Wildman–Crippen MR) is 83.7 cm³/mol. The van der Waals surface area contributed by atoms with Gasteiger partial charge in [0.05, 0.1) is 11.9 Å². The maximum Gasteiger partial charge on any atom is 0.345 e. The molecule has 0 aliphatic heterocycles. The molecule has 0 radical (unpaired) electrons. The minimum absolute atomic E-state index is 0.0670. The number of rotatable bonds is 3. The van der Waals surface area contributed by atoms with E-state index in [1.165, 1.54) is 19.2 Å². The van der Waals surface area contributed by atoms with E-state index in [9.17, 15) is 23.2 Å². The molecule has 2 aromatic heterocycles. The summed E-state index contributed by atoms with van der Waals surface area (Å²) in [5, 5.41) is 9.12. The highest BCUT2D eigenvalue weighted by Gasteiger charge is 2.17. The zero-order valence-corrected chi connectivity index (χ0v) is 13.1. The molecule has 2 heterocycles. The number of benzene rings is 1. The quantitative estimate of drug-likeness (QED) is 0.779. The molecular formula is C15H10F2N2O4S. The van der Waals surface area contributed by atoms with E-state index in [2.05, 4.69) is 0 Å². The van der Waals surface area contributed by atoms with Crippen molar-refractivity contribution in [1.29, 1.82) is 0 Å². The fourth-order valence-electron chi connectivity index (χ4n) is 2.35. The summed E-state index contributed by atoms with van der Waals surface area (Å²) in [7, 11) is 1.41. The van der Waals surface area contributed by atoms with Gasteiger partial charge in [0, 0.05) is 7.05 Å². The molecule has 1 N–H and O–H groups in total. The van der Waals surface area contributed by atoms with E-state index < -0.39 is 28.9 Å². The van der Waals surface area contributed by atoms with Gasteiger partial charge in [-0.25, -0.2) is 18.4 Å². The summed E-state index contributed by atoms with van der Waals surface area (Å²) in [5.74, 6) is -3.31. The van der Waals surface area contributed by atoms with Crippen molar-refractivity contribution >= 4 is 27.5 Å². The third-order valence-corrected chi connectivity index (χ3v) is 4.75. The minimum Gasteiger partial charge on any atom is -0.477 e.